The molecule has 4 N–H and O–H groups in total. The number of fused-ring (bicyclic) bond motifs is 1. The topological polar surface area (TPSA) is 164 Å². The number of amides is 3. The molecule has 1 aromatic heterocycles. The van der Waals surface area contributed by atoms with Gasteiger partial charge in [-0.15, -0.1) is 11.8 Å². The monoisotopic (exact) mass is 442 g/mol. The maximum atomic E-state index is 12.2. The molecule has 3 heterocycles. The Hall–Kier alpha value is -3.13. The van der Waals surface area contributed by atoms with Crippen LogP contribution in [0.5, 0.6) is 0 Å². The summed E-state index contributed by atoms with van der Waals surface area (Å²) in [5, 5.41) is 13.8. The predicted molar refractivity (Wildman–Crippen MR) is 100 cm³/mol. The van der Waals surface area contributed by atoms with Crippen LogP contribution in [0.1, 0.15) is 5.69 Å². The highest BCUT2D eigenvalue weighted by molar-refractivity contribution is 8.00. The Bertz CT molecular complexity index is 928. The summed E-state index contributed by atoms with van der Waals surface area (Å²) in [6, 6.07) is 0. The lowest BCUT2D eigenvalue weighted by atomic mass is 9.97. The summed E-state index contributed by atoms with van der Waals surface area (Å²) in [6.45, 7) is -0.222. The Labute approximate surface area is 171 Å². The predicted octanol–water partition coefficient (Wildman–Crippen LogP) is -0.949. The van der Waals surface area contributed by atoms with Crippen molar-refractivity contribution in [1.82, 2.24) is 4.90 Å². The van der Waals surface area contributed by atoms with Crippen LogP contribution in [0.4, 0.5) is 4.79 Å². The second-order valence-electron chi connectivity index (χ2n) is 5.74. The number of nitrogens with zero attached hydrogens (tertiary/aromatic N) is 3. The Morgan fingerprint density at radius 2 is 2.24 bits per heavy atom. The Morgan fingerprint density at radius 3 is 2.90 bits per heavy atom. The van der Waals surface area contributed by atoms with E-state index >= 15 is 0 Å². The number of β-lactam (4-membered cyclic amide) rings is 1. The van der Waals surface area contributed by atoms with E-state index in [1.807, 2.05) is 0 Å². The minimum Gasteiger partial charge on any atom is -0.477 e. The van der Waals surface area contributed by atoms with Crippen LogP contribution in [0, 0.1) is 5.92 Å². The number of ether oxygens (including phenoxy) is 1. The number of carboxylic acids is 1. The number of primary amides is 1. The van der Waals surface area contributed by atoms with E-state index in [-0.39, 0.29) is 23.7 Å². The number of aromatic nitrogens is 1. The summed E-state index contributed by atoms with van der Waals surface area (Å²) in [7, 11) is 1.24. The molecule has 1 saturated heterocycles. The molecule has 0 saturated carbocycles. The molecule has 2 aliphatic heterocycles. The molecular formula is C15H16N5O7S2+. The Kier molecular flexibility index (Phi) is 6.03. The number of carbonyl (C=O) groups excluding carboxylic acids is 3. The molecule has 2 atom stereocenters. The fraction of sp³-hybridized carbons (Fsp3) is 0.333. The van der Waals surface area contributed by atoms with Gasteiger partial charge in [0.1, 0.15) is 25.3 Å². The smallest absolute Gasteiger partial charge is 0.461 e. The van der Waals surface area contributed by atoms with Crippen LogP contribution in [-0.4, -0.2) is 64.4 Å². The number of oxime groups is 1. The van der Waals surface area contributed by atoms with Gasteiger partial charge in [0.2, 0.25) is 11.6 Å². The molecule has 1 unspecified atom stereocenters. The number of rotatable bonds is 7. The largest absolute Gasteiger partial charge is 0.477 e. The third-order valence-electron chi connectivity index (χ3n) is 4.05. The van der Waals surface area contributed by atoms with Crippen LogP contribution in [0.2, 0.25) is 0 Å². The zero-order valence-electron chi connectivity index (χ0n) is 14.9. The molecule has 29 heavy (non-hydrogen) atoms. The average Bonchev–Trinajstić information content (AvgIpc) is 3.12. The zero-order chi connectivity index (χ0) is 21.1. The van der Waals surface area contributed by atoms with Crippen LogP contribution in [0.25, 0.3) is 0 Å². The standard InChI is InChI=1S/C15H15N5O7S2/c1-26-18-10(11(16)21)9-5-28-6-19(9)17-15(25)27-4-7-12(22)20-8(14(23)24)2-3-29-13(7)20/h2,5-7,13H,3-4H2,1H3,(H3-,16,17,21,23,24,25)/p+1/b18-10-/t7?,13-/m0/s1. The number of aliphatic carboxylic acids is 1. The van der Waals surface area contributed by atoms with E-state index in [0.29, 0.717) is 5.75 Å². The van der Waals surface area contributed by atoms with Crippen molar-refractivity contribution in [3.05, 3.63) is 28.4 Å². The van der Waals surface area contributed by atoms with Crippen LogP contribution < -0.4 is 15.8 Å². The summed E-state index contributed by atoms with van der Waals surface area (Å²) in [4.78, 5) is 52.8. The van der Waals surface area contributed by atoms with Crippen LogP contribution >= 0.6 is 23.1 Å². The fourth-order valence-corrected chi connectivity index (χ4v) is 4.72. The first-order chi connectivity index (χ1) is 13.8. The average molecular weight is 442 g/mol. The van der Waals surface area contributed by atoms with Gasteiger partial charge in [-0.2, -0.15) is 0 Å². The molecule has 14 heteroatoms. The van der Waals surface area contributed by atoms with Crippen molar-refractivity contribution >= 4 is 52.7 Å². The zero-order valence-corrected chi connectivity index (χ0v) is 16.6. The van der Waals surface area contributed by atoms with Crippen LogP contribution in [-0.2, 0) is 24.0 Å². The highest BCUT2D eigenvalue weighted by atomic mass is 32.2. The molecule has 0 bridgehead atoms. The fourth-order valence-electron chi connectivity index (χ4n) is 2.77. The number of thioether (sulfide) groups is 1. The highest BCUT2D eigenvalue weighted by Crippen LogP contribution is 2.41. The van der Waals surface area contributed by atoms with E-state index in [1.165, 1.54) is 45.4 Å². The normalized spacial score (nSPS) is 20.9. The van der Waals surface area contributed by atoms with Gasteiger partial charge in [-0.3, -0.25) is 14.5 Å². The van der Waals surface area contributed by atoms with E-state index in [2.05, 4.69) is 15.4 Å². The van der Waals surface area contributed by atoms with Crippen molar-refractivity contribution in [2.45, 2.75) is 5.37 Å². The summed E-state index contributed by atoms with van der Waals surface area (Å²) < 4.78 is 6.29. The number of thiazole rings is 1. The van der Waals surface area contributed by atoms with Crippen molar-refractivity contribution in [3.8, 4) is 0 Å². The lowest BCUT2D eigenvalue weighted by Crippen LogP contribution is -2.62. The number of hydrogen-bond donors (Lipinski definition) is 3. The molecule has 0 aromatic carbocycles. The van der Waals surface area contributed by atoms with Gasteiger partial charge >= 0.3 is 12.1 Å². The van der Waals surface area contributed by atoms with Gasteiger partial charge < -0.3 is 20.4 Å². The first-order valence-corrected chi connectivity index (χ1v) is 10.1. The minimum absolute atomic E-state index is 0.0608. The van der Waals surface area contributed by atoms with Gasteiger partial charge in [-0.05, 0) is 6.08 Å². The molecule has 0 spiro atoms. The quantitative estimate of drug-likeness (QED) is 0.210. The second kappa shape index (κ2) is 8.48. The summed E-state index contributed by atoms with van der Waals surface area (Å²) in [6.07, 6.45) is 0.592. The number of carbonyl (C=O) groups is 4. The van der Waals surface area contributed by atoms with E-state index < -0.39 is 35.2 Å². The van der Waals surface area contributed by atoms with Gasteiger partial charge in [0.15, 0.2) is 0 Å². The Morgan fingerprint density at radius 1 is 1.48 bits per heavy atom. The summed E-state index contributed by atoms with van der Waals surface area (Å²) >= 11 is 2.55. The van der Waals surface area contributed by atoms with Crippen molar-refractivity contribution < 1.29 is 38.5 Å². The molecule has 3 rings (SSSR count). The second-order valence-corrected chi connectivity index (χ2v) is 7.61. The Balaban J connectivity index is 1.60. The molecule has 2 aliphatic rings. The van der Waals surface area contributed by atoms with E-state index in [0.717, 1.165) is 11.3 Å². The maximum absolute atomic E-state index is 12.2. The summed E-state index contributed by atoms with van der Waals surface area (Å²) in [5.41, 5.74) is 9.04. The van der Waals surface area contributed by atoms with Gasteiger partial charge in [0.05, 0.1) is 10.8 Å². The molecule has 1 aromatic rings. The third-order valence-corrected chi connectivity index (χ3v) is 5.98. The lowest BCUT2D eigenvalue weighted by Gasteiger charge is -2.47. The number of nitrogens with two attached hydrogens (primary N) is 1. The molecular weight excluding hydrogens is 426 g/mol. The molecule has 0 radical (unpaired) electrons. The molecule has 1 fully saturated rings. The lowest BCUT2D eigenvalue weighted by molar-refractivity contribution is -0.638. The molecule has 154 valence electrons. The van der Waals surface area contributed by atoms with Crippen LogP contribution in [0.15, 0.2) is 27.8 Å². The first kappa shape index (κ1) is 20.6. The number of carboxylic acid groups (broad SMARTS) is 1. The minimum atomic E-state index is -1.18. The van der Waals surface area contributed by atoms with E-state index in [1.54, 1.807) is 0 Å². The van der Waals surface area contributed by atoms with Crippen molar-refractivity contribution in [3.63, 3.8) is 0 Å². The van der Waals surface area contributed by atoms with Gasteiger partial charge in [0.25, 0.3) is 17.1 Å². The number of hydrogen-bond acceptors (Lipinski definition) is 9. The SMILES string of the molecule is CO/N=C(\C(N)=O)c1csc[n+]1NC(=O)OCC1C(=O)N2C(C(=O)O)=CCS[C@@H]12. The first-order valence-electron chi connectivity index (χ1n) is 8.06. The third kappa shape index (κ3) is 4.02. The van der Waals surface area contributed by atoms with E-state index in [4.69, 9.17) is 15.6 Å². The molecule has 3 amide bonds. The van der Waals surface area contributed by atoms with Crippen molar-refractivity contribution in [1.29, 1.82) is 0 Å². The van der Waals surface area contributed by atoms with Gasteiger partial charge in [-0.1, -0.05) is 26.6 Å². The van der Waals surface area contributed by atoms with E-state index in [9.17, 15) is 19.2 Å². The molecule has 0 aliphatic carbocycles. The van der Waals surface area contributed by atoms with Crippen molar-refractivity contribution in [2.24, 2.45) is 16.8 Å². The number of nitrogens with one attached hydrogen (secondary N) is 1. The van der Waals surface area contributed by atoms with Gasteiger partial charge in [0, 0.05) is 5.75 Å². The highest BCUT2D eigenvalue weighted by Gasteiger charge is 2.52. The van der Waals surface area contributed by atoms with Gasteiger partial charge in [-0.25, -0.2) is 9.59 Å². The maximum Gasteiger partial charge on any atom is 0.461 e. The molecule has 12 nitrogen and oxygen atoms in total. The summed E-state index contributed by atoms with van der Waals surface area (Å²) in [5.74, 6) is -2.65. The van der Waals surface area contributed by atoms with Crippen LogP contribution in [0.3, 0.4) is 0 Å². The van der Waals surface area contributed by atoms with Crippen molar-refractivity contribution in [2.75, 3.05) is 24.9 Å².